The molecule has 0 aliphatic heterocycles. The van der Waals surface area contributed by atoms with Crippen LogP contribution in [-0.4, -0.2) is 18.5 Å². The van der Waals surface area contributed by atoms with E-state index < -0.39 is 0 Å². The molecule has 0 heterocycles. The van der Waals surface area contributed by atoms with Gasteiger partial charge < -0.3 is 5.32 Å². The van der Waals surface area contributed by atoms with Crippen LogP contribution in [0.15, 0.2) is 4.99 Å². The van der Waals surface area contributed by atoms with E-state index in [9.17, 15) is 0 Å². The van der Waals surface area contributed by atoms with E-state index in [4.69, 9.17) is 5.84 Å². The second-order valence-electron chi connectivity index (χ2n) is 3.79. The van der Waals surface area contributed by atoms with Crippen molar-refractivity contribution in [2.45, 2.75) is 33.2 Å². The number of guanidine groups is 1. The Hall–Kier alpha value is -0.770. The van der Waals surface area contributed by atoms with Gasteiger partial charge >= 0.3 is 0 Å². The summed E-state index contributed by atoms with van der Waals surface area (Å²) < 4.78 is 0. The summed E-state index contributed by atoms with van der Waals surface area (Å²) in [5.74, 6) is 7.57. The zero-order chi connectivity index (χ0) is 9.84. The van der Waals surface area contributed by atoms with Crippen molar-refractivity contribution in [1.82, 2.24) is 10.7 Å². The van der Waals surface area contributed by atoms with E-state index in [1.54, 1.807) is 0 Å². The second-order valence-corrected chi connectivity index (χ2v) is 3.79. The molecular formula is C9H20N4. The van der Waals surface area contributed by atoms with Crippen molar-refractivity contribution in [3.63, 3.8) is 0 Å². The van der Waals surface area contributed by atoms with Crippen molar-refractivity contribution in [1.29, 1.82) is 0 Å². The zero-order valence-electron chi connectivity index (χ0n) is 8.67. The lowest BCUT2D eigenvalue weighted by atomic mass is 9.71. The van der Waals surface area contributed by atoms with Crippen molar-refractivity contribution >= 4 is 5.96 Å². The molecular weight excluding hydrogens is 164 g/mol. The second kappa shape index (κ2) is 4.46. The van der Waals surface area contributed by atoms with Crippen molar-refractivity contribution in [3.8, 4) is 0 Å². The third-order valence-corrected chi connectivity index (χ3v) is 2.93. The maximum absolute atomic E-state index is 5.32. The minimum atomic E-state index is 0.538. The van der Waals surface area contributed by atoms with Crippen LogP contribution in [-0.2, 0) is 0 Å². The number of nitrogens with one attached hydrogen (secondary N) is 2. The normalized spacial score (nSPS) is 33.8. The summed E-state index contributed by atoms with van der Waals surface area (Å²) >= 11 is 0. The third kappa shape index (κ3) is 2.34. The van der Waals surface area contributed by atoms with Gasteiger partial charge in [0.05, 0.1) is 0 Å². The van der Waals surface area contributed by atoms with E-state index in [1.165, 1.54) is 6.42 Å². The van der Waals surface area contributed by atoms with Crippen LogP contribution in [0.1, 0.15) is 27.2 Å². The summed E-state index contributed by atoms with van der Waals surface area (Å²) in [4.78, 5) is 4.19. The Labute approximate surface area is 80.0 Å². The van der Waals surface area contributed by atoms with Gasteiger partial charge in [-0.1, -0.05) is 13.8 Å². The minimum Gasteiger partial charge on any atom is -0.352 e. The highest BCUT2D eigenvalue weighted by Crippen LogP contribution is 2.33. The summed E-state index contributed by atoms with van der Waals surface area (Å²) in [5.41, 5.74) is 2.58. The average molecular weight is 184 g/mol. The van der Waals surface area contributed by atoms with Crippen molar-refractivity contribution < 1.29 is 0 Å². The van der Waals surface area contributed by atoms with Gasteiger partial charge in [-0.15, -0.1) is 0 Å². The highest BCUT2D eigenvalue weighted by molar-refractivity contribution is 5.79. The largest absolute Gasteiger partial charge is 0.352 e. The van der Waals surface area contributed by atoms with Gasteiger partial charge in [0, 0.05) is 12.6 Å². The summed E-state index contributed by atoms with van der Waals surface area (Å²) in [5, 5.41) is 3.30. The van der Waals surface area contributed by atoms with Crippen LogP contribution in [0, 0.1) is 11.8 Å². The molecule has 3 atom stereocenters. The molecule has 0 aromatic rings. The molecule has 1 fully saturated rings. The summed E-state index contributed by atoms with van der Waals surface area (Å²) in [6.45, 7) is 7.27. The van der Waals surface area contributed by atoms with Crippen molar-refractivity contribution in [2.24, 2.45) is 22.7 Å². The molecule has 76 valence electrons. The zero-order valence-corrected chi connectivity index (χ0v) is 8.67. The number of rotatable bonds is 2. The number of nitrogens with zero attached hydrogens (tertiary/aromatic N) is 1. The molecule has 1 aliphatic carbocycles. The van der Waals surface area contributed by atoms with E-state index in [0.717, 1.165) is 18.4 Å². The molecule has 0 saturated heterocycles. The molecule has 1 rings (SSSR count). The fourth-order valence-electron chi connectivity index (χ4n) is 1.69. The SMILES string of the molecule is CCN=C(NN)NC1CC(C)C1C. The van der Waals surface area contributed by atoms with Gasteiger partial charge in [-0.05, 0) is 25.2 Å². The van der Waals surface area contributed by atoms with Crippen LogP contribution < -0.4 is 16.6 Å². The van der Waals surface area contributed by atoms with Crippen LogP contribution in [0.25, 0.3) is 0 Å². The predicted molar refractivity (Wildman–Crippen MR) is 55.2 cm³/mol. The monoisotopic (exact) mass is 184 g/mol. The van der Waals surface area contributed by atoms with Gasteiger partial charge in [0.1, 0.15) is 0 Å². The number of hydrogen-bond acceptors (Lipinski definition) is 2. The van der Waals surface area contributed by atoms with E-state index in [-0.39, 0.29) is 0 Å². The average Bonchev–Trinajstić information content (AvgIpc) is 2.15. The molecule has 4 heteroatoms. The Morgan fingerprint density at radius 3 is 2.62 bits per heavy atom. The molecule has 0 bridgehead atoms. The number of nitrogens with two attached hydrogens (primary N) is 1. The molecule has 0 aromatic carbocycles. The van der Waals surface area contributed by atoms with Crippen LogP contribution in [0.3, 0.4) is 0 Å². The van der Waals surface area contributed by atoms with Crippen molar-refractivity contribution in [3.05, 3.63) is 0 Å². The Kier molecular flexibility index (Phi) is 3.54. The highest BCUT2D eigenvalue weighted by atomic mass is 15.3. The third-order valence-electron chi connectivity index (χ3n) is 2.93. The Morgan fingerprint density at radius 1 is 1.54 bits per heavy atom. The smallest absolute Gasteiger partial charge is 0.205 e. The Balaban J connectivity index is 2.35. The fraction of sp³-hybridized carbons (Fsp3) is 0.889. The summed E-state index contributed by atoms with van der Waals surface area (Å²) in [6.07, 6.45) is 1.21. The first-order chi connectivity index (χ1) is 6.19. The minimum absolute atomic E-state index is 0.538. The van der Waals surface area contributed by atoms with Crippen LogP contribution >= 0.6 is 0 Å². The summed E-state index contributed by atoms with van der Waals surface area (Å²) in [7, 11) is 0. The van der Waals surface area contributed by atoms with Gasteiger partial charge in [0.2, 0.25) is 5.96 Å². The number of aliphatic imine (C=N–C) groups is 1. The molecule has 13 heavy (non-hydrogen) atoms. The van der Waals surface area contributed by atoms with Crippen LogP contribution in [0.5, 0.6) is 0 Å². The lowest BCUT2D eigenvalue weighted by Gasteiger charge is -2.41. The first kappa shape index (κ1) is 10.3. The van der Waals surface area contributed by atoms with E-state index >= 15 is 0 Å². The van der Waals surface area contributed by atoms with Gasteiger partial charge in [-0.25, -0.2) is 5.84 Å². The number of hydrogen-bond donors (Lipinski definition) is 3. The molecule has 0 radical (unpaired) electrons. The van der Waals surface area contributed by atoms with E-state index in [0.29, 0.717) is 12.0 Å². The maximum atomic E-state index is 5.32. The topological polar surface area (TPSA) is 62.4 Å². The molecule has 1 aliphatic rings. The van der Waals surface area contributed by atoms with Gasteiger partial charge in [0.15, 0.2) is 0 Å². The molecule has 0 aromatic heterocycles. The Morgan fingerprint density at radius 2 is 2.23 bits per heavy atom. The molecule has 0 amide bonds. The fourth-order valence-corrected chi connectivity index (χ4v) is 1.69. The highest BCUT2D eigenvalue weighted by Gasteiger charge is 2.34. The van der Waals surface area contributed by atoms with Crippen LogP contribution in [0.4, 0.5) is 0 Å². The first-order valence-electron chi connectivity index (χ1n) is 4.96. The van der Waals surface area contributed by atoms with Gasteiger partial charge in [-0.2, -0.15) is 0 Å². The molecule has 4 nitrogen and oxygen atoms in total. The van der Waals surface area contributed by atoms with Crippen LogP contribution in [0.2, 0.25) is 0 Å². The van der Waals surface area contributed by atoms with E-state index in [2.05, 4.69) is 29.6 Å². The lowest BCUT2D eigenvalue weighted by molar-refractivity contribution is 0.155. The van der Waals surface area contributed by atoms with Gasteiger partial charge in [0.25, 0.3) is 0 Å². The van der Waals surface area contributed by atoms with Crippen molar-refractivity contribution in [2.75, 3.05) is 6.54 Å². The van der Waals surface area contributed by atoms with Gasteiger partial charge in [-0.3, -0.25) is 10.4 Å². The summed E-state index contributed by atoms with van der Waals surface area (Å²) in [6, 6.07) is 0.538. The molecule has 1 saturated carbocycles. The molecule has 3 unspecified atom stereocenters. The number of hydrazine groups is 1. The lowest BCUT2D eigenvalue weighted by Crippen LogP contribution is -2.55. The maximum Gasteiger partial charge on any atom is 0.205 e. The predicted octanol–water partition coefficient (Wildman–Crippen LogP) is 0.460. The first-order valence-corrected chi connectivity index (χ1v) is 4.96. The quantitative estimate of drug-likeness (QED) is 0.253. The standard InChI is InChI=1S/C9H20N4/c1-4-11-9(13-10)12-8-5-6(2)7(8)3/h6-8H,4-5,10H2,1-3H3,(H2,11,12,13). The molecule has 4 N–H and O–H groups in total. The molecule has 0 spiro atoms. The Bertz CT molecular complexity index is 190. The van der Waals surface area contributed by atoms with E-state index in [1.807, 2.05) is 6.92 Å².